The molecule has 1 aliphatic heterocycles. The fourth-order valence-electron chi connectivity index (χ4n) is 5.85. The number of benzene rings is 4. The fourth-order valence-corrected chi connectivity index (χ4v) is 6.58. The number of ether oxygens (including phenoxy) is 2. The third-order valence-electron chi connectivity index (χ3n) is 8.16. The van der Waals surface area contributed by atoms with E-state index in [9.17, 15) is 4.79 Å². The molecule has 0 radical (unpaired) electrons. The first-order valence-electron chi connectivity index (χ1n) is 15.9. The molecule has 0 amide bonds. The van der Waals surface area contributed by atoms with Crippen molar-refractivity contribution in [3.63, 3.8) is 0 Å². The van der Waals surface area contributed by atoms with Crippen molar-refractivity contribution in [2.45, 2.75) is 13.0 Å². The zero-order valence-electron chi connectivity index (χ0n) is 26.0. The number of aromatic nitrogens is 4. The number of anilines is 2. The number of hydrogen-bond donors (Lipinski definition) is 1. The molecule has 1 N–H and O–H groups in total. The lowest BCUT2D eigenvalue weighted by Gasteiger charge is -2.26. The van der Waals surface area contributed by atoms with E-state index >= 15 is 0 Å². The molecule has 9 nitrogen and oxygen atoms in total. The standard InChI is InChI=1S/C37H36N6O3S/c44-35(12-6-20-47-21-7-15-42-16-18-45-19-17-42)46-29-13-14-33-32(23-29)37(39-26-38-33)40-34-22-28-25-43(24-27-8-2-1-3-9-27)41-36(28)31-11-5-4-10-30(31)34/h1-6,8-14,22-23,25-26H,7,15-21,24H2,(H,38,39,40). The van der Waals surface area contributed by atoms with Crippen LogP contribution in [0.5, 0.6) is 5.75 Å². The van der Waals surface area contributed by atoms with Gasteiger partial charge < -0.3 is 14.8 Å². The minimum Gasteiger partial charge on any atom is -0.423 e. The van der Waals surface area contributed by atoms with E-state index < -0.39 is 5.97 Å². The second-order valence-corrected chi connectivity index (χ2v) is 12.6. The molecular formula is C37H36N6O3S. The molecule has 7 rings (SSSR count). The number of hydrogen-bond acceptors (Lipinski definition) is 9. The number of esters is 1. The highest BCUT2D eigenvalue weighted by Crippen LogP contribution is 2.34. The maximum absolute atomic E-state index is 12.6. The van der Waals surface area contributed by atoms with Crippen LogP contribution in [-0.4, -0.2) is 75.0 Å². The number of nitrogens with zero attached hydrogens (tertiary/aromatic N) is 5. The van der Waals surface area contributed by atoms with Crippen molar-refractivity contribution < 1.29 is 14.3 Å². The molecule has 3 heterocycles. The number of rotatable bonds is 12. The van der Waals surface area contributed by atoms with Gasteiger partial charge in [-0.3, -0.25) is 9.58 Å². The molecule has 10 heteroatoms. The smallest absolute Gasteiger partial charge is 0.335 e. The third kappa shape index (κ3) is 7.62. The van der Waals surface area contributed by atoms with Gasteiger partial charge in [0.2, 0.25) is 0 Å². The summed E-state index contributed by atoms with van der Waals surface area (Å²) in [5, 5.41) is 12.3. The van der Waals surface area contributed by atoms with Gasteiger partial charge in [-0.15, -0.1) is 0 Å². The van der Waals surface area contributed by atoms with Gasteiger partial charge in [0, 0.05) is 58.3 Å². The van der Waals surface area contributed by atoms with Crippen molar-refractivity contribution in [3.05, 3.63) is 109 Å². The van der Waals surface area contributed by atoms with Crippen molar-refractivity contribution in [3.8, 4) is 5.75 Å². The lowest BCUT2D eigenvalue weighted by molar-refractivity contribution is -0.128. The second-order valence-electron chi connectivity index (χ2n) is 11.5. The van der Waals surface area contributed by atoms with Gasteiger partial charge in [0.1, 0.15) is 23.4 Å². The highest BCUT2D eigenvalue weighted by molar-refractivity contribution is 7.99. The van der Waals surface area contributed by atoms with Crippen molar-refractivity contribution in [1.29, 1.82) is 0 Å². The van der Waals surface area contributed by atoms with E-state index in [0.29, 0.717) is 18.1 Å². The van der Waals surface area contributed by atoms with Crippen molar-refractivity contribution in [2.24, 2.45) is 0 Å². The fraction of sp³-hybridized carbons (Fsp3) is 0.243. The Balaban J connectivity index is 1.04. The van der Waals surface area contributed by atoms with Gasteiger partial charge in [0.05, 0.1) is 25.3 Å². The van der Waals surface area contributed by atoms with Gasteiger partial charge in [0.25, 0.3) is 0 Å². The Morgan fingerprint density at radius 3 is 2.66 bits per heavy atom. The Morgan fingerprint density at radius 1 is 0.957 bits per heavy atom. The number of fused-ring (bicyclic) bond motifs is 4. The zero-order valence-corrected chi connectivity index (χ0v) is 26.9. The van der Waals surface area contributed by atoms with E-state index in [-0.39, 0.29) is 0 Å². The molecule has 1 saturated heterocycles. The van der Waals surface area contributed by atoms with Gasteiger partial charge in [-0.25, -0.2) is 14.8 Å². The number of morpholine rings is 1. The summed E-state index contributed by atoms with van der Waals surface area (Å²) in [4.78, 5) is 24.1. The summed E-state index contributed by atoms with van der Waals surface area (Å²) in [6.45, 7) is 5.48. The van der Waals surface area contributed by atoms with Crippen LogP contribution < -0.4 is 10.1 Å². The normalized spacial score (nSPS) is 14.0. The maximum atomic E-state index is 12.6. The van der Waals surface area contributed by atoms with Crippen molar-refractivity contribution in [1.82, 2.24) is 24.6 Å². The maximum Gasteiger partial charge on any atom is 0.335 e. The quantitative estimate of drug-likeness (QED) is 0.0665. The molecule has 0 aliphatic carbocycles. The topological polar surface area (TPSA) is 94.4 Å². The van der Waals surface area contributed by atoms with Gasteiger partial charge in [-0.1, -0.05) is 60.7 Å². The van der Waals surface area contributed by atoms with Crippen LogP contribution >= 0.6 is 11.8 Å². The first-order valence-corrected chi connectivity index (χ1v) is 17.1. The van der Waals surface area contributed by atoms with Crippen molar-refractivity contribution in [2.75, 3.05) is 49.7 Å². The zero-order chi connectivity index (χ0) is 31.8. The van der Waals surface area contributed by atoms with E-state index in [2.05, 4.69) is 56.7 Å². The van der Waals surface area contributed by atoms with Crippen LogP contribution in [0.3, 0.4) is 0 Å². The molecule has 1 fully saturated rings. The Hall–Kier alpha value is -4.77. The Kier molecular flexibility index (Phi) is 9.69. The summed E-state index contributed by atoms with van der Waals surface area (Å²) in [6, 6.07) is 26.1. The van der Waals surface area contributed by atoms with Crippen LogP contribution in [-0.2, 0) is 16.1 Å². The predicted molar refractivity (Wildman–Crippen MR) is 190 cm³/mol. The van der Waals surface area contributed by atoms with E-state index in [1.807, 2.05) is 65.0 Å². The molecule has 0 saturated carbocycles. The summed E-state index contributed by atoms with van der Waals surface area (Å²) < 4.78 is 13.1. The van der Waals surface area contributed by atoms with Crippen LogP contribution in [0.25, 0.3) is 32.6 Å². The lowest BCUT2D eigenvalue weighted by Crippen LogP contribution is -2.36. The first-order chi connectivity index (χ1) is 23.2. The van der Waals surface area contributed by atoms with E-state index in [4.69, 9.17) is 14.6 Å². The summed E-state index contributed by atoms with van der Waals surface area (Å²) >= 11 is 1.81. The number of carbonyl (C=O) groups excluding carboxylic acids is 1. The van der Waals surface area contributed by atoms with Gasteiger partial charge in [0.15, 0.2) is 0 Å². The lowest BCUT2D eigenvalue weighted by atomic mass is 10.1. The van der Waals surface area contributed by atoms with E-state index in [0.717, 1.165) is 89.0 Å². The minimum absolute atomic E-state index is 0.409. The SMILES string of the molecule is O=C(C=CCSCCCN1CCOCC1)Oc1ccc2ncnc(Nc3cc4cn(Cc5ccccc5)nc4c4ccccc34)c2c1. The monoisotopic (exact) mass is 644 g/mol. The molecule has 1 aliphatic rings. The molecule has 4 aromatic carbocycles. The van der Waals surface area contributed by atoms with Crippen LogP contribution in [0.2, 0.25) is 0 Å². The molecule has 2 aromatic heterocycles. The largest absolute Gasteiger partial charge is 0.423 e. The molecule has 47 heavy (non-hydrogen) atoms. The van der Waals surface area contributed by atoms with E-state index in [1.54, 1.807) is 6.07 Å². The molecule has 0 atom stereocenters. The van der Waals surface area contributed by atoms with Gasteiger partial charge in [-0.05, 0) is 48.5 Å². The summed E-state index contributed by atoms with van der Waals surface area (Å²) in [6.07, 6.45) is 8.10. The molecule has 0 bridgehead atoms. The summed E-state index contributed by atoms with van der Waals surface area (Å²) in [7, 11) is 0. The Morgan fingerprint density at radius 2 is 1.79 bits per heavy atom. The second kappa shape index (κ2) is 14.8. The van der Waals surface area contributed by atoms with Crippen LogP contribution in [0, 0.1) is 0 Å². The van der Waals surface area contributed by atoms with Crippen LogP contribution in [0.1, 0.15) is 12.0 Å². The van der Waals surface area contributed by atoms with Gasteiger partial charge in [-0.2, -0.15) is 16.9 Å². The molecule has 6 aromatic rings. The molecule has 238 valence electrons. The Bertz CT molecular complexity index is 2020. The minimum atomic E-state index is -0.409. The van der Waals surface area contributed by atoms with E-state index in [1.165, 1.54) is 18.0 Å². The molecular weight excluding hydrogens is 609 g/mol. The third-order valence-corrected chi connectivity index (χ3v) is 9.17. The highest BCUT2D eigenvalue weighted by atomic mass is 32.2. The summed E-state index contributed by atoms with van der Waals surface area (Å²) in [5.74, 6) is 2.47. The average molecular weight is 645 g/mol. The predicted octanol–water partition coefficient (Wildman–Crippen LogP) is 6.84. The number of carbonyl (C=O) groups is 1. The molecule has 0 spiro atoms. The average Bonchev–Trinajstić information content (AvgIpc) is 3.51. The number of thioether (sulfide) groups is 1. The number of nitrogens with one attached hydrogen (secondary N) is 1. The van der Waals surface area contributed by atoms with Gasteiger partial charge >= 0.3 is 5.97 Å². The summed E-state index contributed by atoms with van der Waals surface area (Å²) in [5.41, 5.74) is 3.78. The Labute approximate surface area is 277 Å². The molecule has 0 unspecified atom stereocenters. The van der Waals surface area contributed by atoms with Crippen LogP contribution in [0.15, 0.2) is 104 Å². The van der Waals surface area contributed by atoms with Crippen molar-refractivity contribution >= 4 is 61.8 Å². The first kappa shape index (κ1) is 30.9. The van der Waals surface area contributed by atoms with Crippen LogP contribution in [0.4, 0.5) is 11.5 Å². The highest BCUT2D eigenvalue weighted by Gasteiger charge is 2.14.